The minimum Gasteiger partial charge on any atom is -0.493 e. The Bertz CT molecular complexity index is 809. The lowest BCUT2D eigenvalue weighted by Crippen LogP contribution is -2.09. The van der Waals surface area contributed by atoms with E-state index in [0.29, 0.717) is 24.7 Å². The lowest BCUT2D eigenvalue weighted by molar-refractivity contribution is 0.222. The van der Waals surface area contributed by atoms with Crippen molar-refractivity contribution < 1.29 is 18.9 Å². The standard InChI is InChI=1S/C21H27IN2O4/c1-6-27-20-11-16(9-17(22)21(20)28-14(2)3)13-24-23-12-15-7-8-18(25-4)19(10-15)26-5/h7-11,13-14,23H,6,12H2,1-5H3/b24-13+. The third kappa shape index (κ3) is 6.19. The van der Waals surface area contributed by atoms with Gasteiger partial charge in [-0.3, -0.25) is 0 Å². The van der Waals surface area contributed by atoms with E-state index in [2.05, 4.69) is 33.1 Å². The van der Waals surface area contributed by atoms with Crippen molar-refractivity contribution in [2.24, 2.45) is 5.10 Å². The number of nitrogens with one attached hydrogen (secondary N) is 1. The van der Waals surface area contributed by atoms with Gasteiger partial charge in [0.15, 0.2) is 23.0 Å². The van der Waals surface area contributed by atoms with Crippen LogP contribution >= 0.6 is 22.6 Å². The van der Waals surface area contributed by atoms with E-state index in [1.54, 1.807) is 20.4 Å². The van der Waals surface area contributed by atoms with E-state index in [4.69, 9.17) is 18.9 Å². The van der Waals surface area contributed by atoms with Gasteiger partial charge in [-0.15, -0.1) is 0 Å². The second kappa shape index (κ2) is 11.0. The van der Waals surface area contributed by atoms with Crippen LogP contribution < -0.4 is 24.4 Å². The molecule has 6 nitrogen and oxygen atoms in total. The molecule has 0 aromatic heterocycles. The quantitative estimate of drug-likeness (QED) is 0.295. The van der Waals surface area contributed by atoms with Crippen LogP contribution in [0.4, 0.5) is 0 Å². The number of hydrazone groups is 1. The first-order valence-corrected chi connectivity index (χ1v) is 10.2. The Morgan fingerprint density at radius 3 is 2.46 bits per heavy atom. The molecule has 0 radical (unpaired) electrons. The third-order valence-electron chi connectivity index (χ3n) is 3.72. The zero-order valence-corrected chi connectivity index (χ0v) is 19.1. The fourth-order valence-corrected chi connectivity index (χ4v) is 3.28. The number of benzene rings is 2. The Morgan fingerprint density at radius 1 is 1.07 bits per heavy atom. The summed E-state index contributed by atoms with van der Waals surface area (Å²) >= 11 is 2.26. The van der Waals surface area contributed by atoms with E-state index in [1.807, 2.05) is 51.1 Å². The van der Waals surface area contributed by atoms with E-state index in [1.165, 1.54) is 0 Å². The maximum Gasteiger partial charge on any atom is 0.174 e. The summed E-state index contributed by atoms with van der Waals surface area (Å²) in [5.41, 5.74) is 5.03. The predicted octanol–water partition coefficient (Wildman–Crippen LogP) is 4.62. The summed E-state index contributed by atoms with van der Waals surface area (Å²) in [5.74, 6) is 2.90. The highest BCUT2D eigenvalue weighted by molar-refractivity contribution is 14.1. The normalized spacial score (nSPS) is 11.0. The summed E-state index contributed by atoms with van der Waals surface area (Å²) < 4.78 is 23.2. The zero-order chi connectivity index (χ0) is 20.5. The van der Waals surface area contributed by atoms with Crippen molar-refractivity contribution in [3.05, 3.63) is 45.0 Å². The fourth-order valence-electron chi connectivity index (χ4n) is 2.52. The van der Waals surface area contributed by atoms with Crippen LogP contribution in [0.15, 0.2) is 35.4 Å². The molecule has 1 N–H and O–H groups in total. The summed E-state index contributed by atoms with van der Waals surface area (Å²) in [5, 5.41) is 4.32. The van der Waals surface area contributed by atoms with Crippen molar-refractivity contribution in [3.63, 3.8) is 0 Å². The highest BCUT2D eigenvalue weighted by atomic mass is 127. The number of ether oxygens (including phenoxy) is 4. The van der Waals surface area contributed by atoms with Gasteiger partial charge in [0.2, 0.25) is 0 Å². The highest BCUT2D eigenvalue weighted by Gasteiger charge is 2.13. The topological polar surface area (TPSA) is 61.3 Å². The second-order valence-electron chi connectivity index (χ2n) is 6.21. The zero-order valence-electron chi connectivity index (χ0n) is 16.9. The molecule has 0 aliphatic heterocycles. The number of hydrogen-bond acceptors (Lipinski definition) is 6. The Morgan fingerprint density at radius 2 is 1.82 bits per heavy atom. The average Bonchev–Trinajstić information content (AvgIpc) is 2.67. The molecule has 28 heavy (non-hydrogen) atoms. The molecule has 0 amide bonds. The van der Waals surface area contributed by atoms with Crippen LogP contribution in [0.3, 0.4) is 0 Å². The number of hydrogen-bond donors (Lipinski definition) is 1. The summed E-state index contributed by atoms with van der Waals surface area (Å²) in [7, 11) is 3.24. The lowest BCUT2D eigenvalue weighted by Gasteiger charge is -2.16. The molecule has 0 unspecified atom stereocenters. The molecular weight excluding hydrogens is 471 g/mol. The summed E-state index contributed by atoms with van der Waals surface area (Å²) in [6.45, 7) is 7.10. The molecule has 0 atom stereocenters. The molecule has 0 saturated heterocycles. The van der Waals surface area contributed by atoms with Crippen molar-refractivity contribution in [2.75, 3.05) is 20.8 Å². The average molecular weight is 498 g/mol. The van der Waals surface area contributed by atoms with Gasteiger partial charge in [0.25, 0.3) is 0 Å². The number of halogens is 1. The van der Waals surface area contributed by atoms with Gasteiger partial charge in [0.05, 0.1) is 43.3 Å². The highest BCUT2D eigenvalue weighted by Crippen LogP contribution is 2.34. The summed E-state index contributed by atoms with van der Waals surface area (Å²) in [6, 6.07) is 9.73. The van der Waals surface area contributed by atoms with Crippen LogP contribution in [0.1, 0.15) is 31.9 Å². The number of rotatable bonds is 10. The molecular formula is C21H27IN2O4. The Labute approximate surface area is 180 Å². The Hall–Kier alpha value is -2.16. The van der Waals surface area contributed by atoms with Gasteiger partial charge in [-0.05, 0) is 78.8 Å². The molecule has 0 bridgehead atoms. The van der Waals surface area contributed by atoms with Crippen LogP contribution in [0, 0.1) is 3.57 Å². The summed E-state index contributed by atoms with van der Waals surface area (Å²) in [6.07, 6.45) is 1.85. The van der Waals surface area contributed by atoms with E-state index in [9.17, 15) is 0 Å². The molecule has 0 heterocycles. The fraction of sp³-hybridized carbons (Fsp3) is 0.381. The predicted molar refractivity (Wildman–Crippen MR) is 120 cm³/mol. The monoisotopic (exact) mass is 498 g/mol. The van der Waals surface area contributed by atoms with Crippen molar-refractivity contribution >= 4 is 28.8 Å². The van der Waals surface area contributed by atoms with E-state index >= 15 is 0 Å². The van der Waals surface area contributed by atoms with Gasteiger partial charge in [0.1, 0.15) is 0 Å². The van der Waals surface area contributed by atoms with Gasteiger partial charge < -0.3 is 24.4 Å². The SMILES string of the molecule is CCOc1cc(/C=N/NCc2ccc(OC)c(OC)c2)cc(I)c1OC(C)C. The van der Waals surface area contributed by atoms with E-state index < -0.39 is 0 Å². The first kappa shape index (κ1) is 22.1. The molecule has 0 spiro atoms. The van der Waals surface area contributed by atoms with Gasteiger partial charge in [0, 0.05) is 0 Å². The van der Waals surface area contributed by atoms with Crippen LogP contribution in [0.25, 0.3) is 0 Å². The van der Waals surface area contributed by atoms with E-state index in [0.717, 1.165) is 26.2 Å². The van der Waals surface area contributed by atoms with Crippen LogP contribution in [0.2, 0.25) is 0 Å². The molecule has 0 saturated carbocycles. The largest absolute Gasteiger partial charge is 0.493 e. The Balaban J connectivity index is 2.07. The third-order valence-corrected chi connectivity index (χ3v) is 4.52. The summed E-state index contributed by atoms with van der Waals surface area (Å²) in [4.78, 5) is 0. The van der Waals surface area contributed by atoms with Crippen LogP contribution in [-0.4, -0.2) is 33.1 Å². The van der Waals surface area contributed by atoms with Crippen molar-refractivity contribution in [1.82, 2.24) is 5.43 Å². The molecule has 2 rings (SSSR count). The van der Waals surface area contributed by atoms with Gasteiger partial charge in [-0.25, -0.2) is 0 Å². The molecule has 0 aliphatic carbocycles. The molecule has 2 aromatic rings. The van der Waals surface area contributed by atoms with Gasteiger partial charge in [-0.1, -0.05) is 6.07 Å². The lowest BCUT2D eigenvalue weighted by atomic mass is 10.2. The van der Waals surface area contributed by atoms with Crippen LogP contribution in [-0.2, 0) is 6.54 Å². The molecule has 7 heteroatoms. The maximum atomic E-state index is 5.89. The second-order valence-corrected chi connectivity index (χ2v) is 7.37. The molecule has 0 fully saturated rings. The van der Waals surface area contributed by atoms with Crippen molar-refractivity contribution in [3.8, 4) is 23.0 Å². The molecule has 0 aliphatic rings. The number of nitrogens with zero attached hydrogens (tertiary/aromatic N) is 1. The van der Waals surface area contributed by atoms with E-state index in [-0.39, 0.29) is 6.10 Å². The van der Waals surface area contributed by atoms with Gasteiger partial charge >= 0.3 is 0 Å². The maximum absolute atomic E-state index is 5.89. The first-order valence-electron chi connectivity index (χ1n) is 9.08. The van der Waals surface area contributed by atoms with Crippen molar-refractivity contribution in [1.29, 1.82) is 0 Å². The number of methoxy groups -OCH3 is 2. The Kier molecular flexibility index (Phi) is 8.69. The molecule has 152 valence electrons. The smallest absolute Gasteiger partial charge is 0.174 e. The van der Waals surface area contributed by atoms with Crippen LogP contribution in [0.5, 0.6) is 23.0 Å². The minimum atomic E-state index is 0.0791. The van der Waals surface area contributed by atoms with Gasteiger partial charge in [-0.2, -0.15) is 5.10 Å². The minimum absolute atomic E-state index is 0.0791. The van der Waals surface area contributed by atoms with Crippen molar-refractivity contribution in [2.45, 2.75) is 33.4 Å². The first-order chi connectivity index (χ1) is 13.5. The molecule has 2 aromatic carbocycles.